The minimum atomic E-state index is -0.264. The lowest BCUT2D eigenvalue weighted by atomic mass is 10.1. The molecule has 0 saturated heterocycles. The van der Waals surface area contributed by atoms with Crippen LogP contribution in [-0.4, -0.2) is 20.6 Å². The van der Waals surface area contributed by atoms with Gasteiger partial charge in [-0.25, -0.2) is 4.79 Å². The molecule has 3 rings (SSSR count). The molecule has 0 fully saturated rings. The van der Waals surface area contributed by atoms with Crippen molar-refractivity contribution in [2.45, 2.75) is 20.4 Å². The van der Waals surface area contributed by atoms with Crippen molar-refractivity contribution < 1.29 is 4.79 Å². The Morgan fingerprint density at radius 2 is 2.05 bits per heavy atom. The molecule has 0 aliphatic carbocycles. The summed E-state index contributed by atoms with van der Waals surface area (Å²) in [4.78, 5) is 12.0. The number of amides is 2. The van der Waals surface area contributed by atoms with Crippen LogP contribution >= 0.6 is 0 Å². The molecule has 1 aromatic carbocycles. The minimum Gasteiger partial charge on any atom is -0.331 e. The molecule has 0 aliphatic rings. The molecule has 6 heteroatoms. The maximum absolute atomic E-state index is 12.0. The van der Waals surface area contributed by atoms with E-state index < -0.39 is 0 Å². The van der Waals surface area contributed by atoms with Gasteiger partial charge in [0.05, 0.1) is 6.54 Å². The van der Waals surface area contributed by atoms with E-state index in [1.807, 2.05) is 60.8 Å². The van der Waals surface area contributed by atoms with Crippen LogP contribution in [0.25, 0.3) is 5.65 Å². The van der Waals surface area contributed by atoms with Gasteiger partial charge in [-0.3, -0.25) is 4.40 Å². The van der Waals surface area contributed by atoms with Crippen LogP contribution in [0.5, 0.6) is 0 Å². The summed E-state index contributed by atoms with van der Waals surface area (Å²) in [6.07, 6.45) is 1.87. The van der Waals surface area contributed by atoms with Gasteiger partial charge in [0.25, 0.3) is 0 Å². The lowest BCUT2D eigenvalue weighted by Gasteiger charge is -2.10. The molecule has 2 N–H and O–H groups in total. The van der Waals surface area contributed by atoms with E-state index in [-0.39, 0.29) is 6.03 Å². The number of anilines is 1. The Labute approximate surface area is 128 Å². The van der Waals surface area contributed by atoms with Gasteiger partial charge in [0.1, 0.15) is 0 Å². The third-order valence-electron chi connectivity index (χ3n) is 3.42. The van der Waals surface area contributed by atoms with Crippen molar-refractivity contribution >= 4 is 17.4 Å². The topological polar surface area (TPSA) is 71.3 Å². The van der Waals surface area contributed by atoms with Crippen molar-refractivity contribution in [1.29, 1.82) is 0 Å². The SMILES string of the molecule is Cc1ccc(NC(=O)NCc2nnc3ccccn23)c(C)c1. The fraction of sp³-hybridized carbons (Fsp3) is 0.188. The summed E-state index contributed by atoms with van der Waals surface area (Å²) in [6.45, 7) is 4.30. The molecule has 0 spiro atoms. The van der Waals surface area contributed by atoms with E-state index in [2.05, 4.69) is 20.8 Å². The first-order valence-electron chi connectivity index (χ1n) is 7.04. The van der Waals surface area contributed by atoms with Crippen LogP contribution in [0, 0.1) is 13.8 Å². The first-order valence-corrected chi connectivity index (χ1v) is 7.04. The van der Waals surface area contributed by atoms with Gasteiger partial charge >= 0.3 is 6.03 Å². The predicted octanol–water partition coefficient (Wildman–Crippen LogP) is 2.67. The molecule has 2 heterocycles. The summed E-state index contributed by atoms with van der Waals surface area (Å²) < 4.78 is 1.84. The molecule has 2 amide bonds. The Kier molecular flexibility index (Phi) is 3.74. The number of carbonyl (C=O) groups excluding carboxylic acids is 1. The van der Waals surface area contributed by atoms with Crippen molar-refractivity contribution in [2.24, 2.45) is 0 Å². The number of pyridine rings is 1. The Bertz CT molecular complexity index is 824. The molecule has 3 aromatic rings. The summed E-state index contributed by atoms with van der Waals surface area (Å²) in [7, 11) is 0. The highest BCUT2D eigenvalue weighted by molar-refractivity contribution is 5.90. The molecule has 0 bridgehead atoms. The van der Waals surface area contributed by atoms with Gasteiger partial charge in [0, 0.05) is 11.9 Å². The van der Waals surface area contributed by atoms with E-state index in [1.165, 1.54) is 5.56 Å². The molecule has 22 heavy (non-hydrogen) atoms. The fourth-order valence-corrected chi connectivity index (χ4v) is 2.29. The molecule has 0 saturated carbocycles. The Balaban J connectivity index is 1.65. The number of hydrogen-bond donors (Lipinski definition) is 2. The molecular weight excluding hydrogens is 278 g/mol. The van der Waals surface area contributed by atoms with Gasteiger partial charge < -0.3 is 10.6 Å². The average Bonchev–Trinajstić information content (AvgIpc) is 2.91. The first-order chi connectivity index (χ1) is 10.6. The second-order valence-corrected chi connectivity index (χ2v) is 5.17. The van der Waals surface area contributed by atoms with Gasteiger partial charge in [-0.05, 0) is 37.6 Å². The Hall–Kier alpha value is -2.89. The number of aromatic nitrogens is 3. The van der Waals surface area contributed by atoms with Crippen LogP contribution in [-0.2, 0) is 6.54 Å². The number of benzene rings is 1. The highest BCUT2D eigenvalue weighted by atomic mass is 16.2. The van der Waals surface area contributed by atoms with E-state index in [0.717, 1.165) is 16.9 Å². The molecule has 112 valence electrons. The van der Waals surface area contributed by atoms with Gasteiger partial charge in [-0.2, -0.15) is 0 Å². The van der Waals surface area contributed by atoms with E-state index in [1.54, 1.807) is 0 Å². The second-order valence-electron chi connectivity index (χ2n) is 5.17. The maximum atomic E-state index is 12.0. The van der Waals surface area contributed by atoms with E-state index in [4.69, 9.17) is 0 Å². The van der Waals surface area contributed by atoms with Gasteiger partial charge in [-0.1, -0.05) is 23.8 Å². The van der Waals surface area contributed by atoms with Crippen LogP contribution in [0.15, 0.2) is 42.6 Å². The van der Waals surface area contributed by atoms with Crippen molar-refractivity contribution in [3.05, 3.63) is 59.5 Å². The van der Waals surface area contributed by atoms with E-state index in [0.29, 0.717) is 12.4 Å². The lowest BCUT2D eigenvalue weighted by Crippen LogP contribution is -2.29. The molecular formula is C16H17N5O. The summed E-state index contributed by atoms with van der Waals surface area (Å²) in [6, 6.07) is 11.3. The number of aryl methyl sites for hydroxylation is 2. The first kappa shape index (κ1) is 14.1. The number of rotatable bonds is 3. The third kappa shape index (κ3) is 2.90. The predicted molar refractivity (Wildman–Crippen MR) is 84.8 cm³/mol. The number of carbonyl (C=O) groups is 1. The van der Waals surface area contributed by atoms with Crippen molar-refractivity contribution in [3.8, 4) is 0 Å². The van der Waals surface area contributed by atoms with Gasteiger partial charge in [0.15, 0.2) is 11.5 Å². The highest BCUT2D eigenvalue weighted by Crippen LogP contribution is 2.15. The number of urea groups is 1. The third-order valence-corrected chi connectivity index (χ3v) is 3.42. The summed E-state index contributed by atoms with van der Waals surface area (Å²) in [5.74, 6) is 0.686. The average molecular weight is 295 g/mol. The Morgan fingerprint density at radius 3 is 2.86 bits per heavy atom. The van der Waals surface area contributed by atoms with Crippen molar-refractivity contribution in [3.63, 3.8) is 0 Å². The largest absolute Gasteiger partial charge is 0.331 e. The van der Waals surface area contributed by atoms with E-state index in [9.17, 15) is 4.79 Å². The van der Waals surface area contributed by atoms with Crippen LogP contribution < -0.4 is 10.6 Å². The molecule has 6 nitrogen and oxygen atoms in total. The molecule has 0 atom stereocenters. The van der Waals surface area contributed by atoms with Crippen molar-refractivity contribution in [2.75, 3.05) is 5.32 Å². The second kappa shape index (κ2) is 5.85. The lowest BCUT2D eigenvalue weighted by molar-refractivity contribution is 0.251. The van der Waals surface area contributed by atoms with Crippen LogP contribution in [0.4, 0.5) is 10.5 Å². The van der Waals surface area contributed by atoms with Crippen molar-refractivity contribution in [1.82, 2.24) is 19.9 Å². The molecule has 2 aromatic heterocycles. The number of fused-ring (bicyclic) bond motifs is 1. The van der Waals surface area contributed by atoms with Crippen LogP contribution in [0.3, 0.4) is 0 Å². The normalized spacial score (nSPS) is 10.6. The molecule has 0 aliphatic heterocycles. The fourth-order valence-electron chi connectivity index (χ4n) is 2.29. The summed E-state index contributed by atoms with van der Waals surface area (Å²) in [5, 5.41) is 13.8. The smallest absolute Gasteiger partial charge is 0.319 e. The zero-order valence-electron chi connectivity index (χ0n) is 12.5. The molecule has 0 unspecified atom stereocenters. The summed E-state index contributed by atoms with van der Waals surface area (Å²) >= 11 is 0. The standard InChI is InChI=1S/C16H17N5O/c1-11-6-7-13(12(2)9-11)18-16(22)17-10-15-20-19-14-5-3-4-8-21(14)15/h3-9H,10H2,1-2H3,(H2,17,18,22). The zero-order chi connectivity index (χ0) is 15.5. The minimum absolute atomic E-state index is 0.264. The Morgan fingerprint density at radius 1 is 1.18 bits per heavy atom. The van der Waals surface area contributed by atoms with Crippen LogP contribution in [0.2, 0.25) is 0 Å². The quantitative estimate of drug-likeness (QED) is 0.780. The van der Waals surface area contributed by atoms with Gasteiger partial charge in [0.2, 0.25) is 0 Å². The maximum Gasteiger partial charge on any atom is 0.319 e. The zero-order valence-corrected chi connectivity index (χ0v) is 12.5. The summed E-state index contributed by atoms with van der Waals surface area (Å²) in [5.41, 5.74) is 3.75. The molecule has 0 radical (unpaired) electrons. The van der Waals surface area contributed by atoms with Gasteiger partial charge in [-0.15, -0.1) is 10.2 Å². The number of nitrogens with one attached hydrogen (secondary N) is 2. The highest BCUT2D eigenvalue weighted by Gasteiger charge is 2.08. The van der Waals surface area contributed by atoms with E-state index >= 15 is 0 Å². The number of nitrogens with zero attached hydrogens (tertiary/aromatic N) is 3. The van der Waals surface area contributed by atoms with Crippen LogP contribution in [0.1, 0.15) is 17.0 Å². The number of hydrogen-bond acceptors (Lipinski definition) is 3. The monoisotopic (exact) mass is 295 g/mol.